The fourth-order valence-corrected chi connectivity index (χ4v) is 6.32. The largest absolute Gasteiger partial charge is 0.496 e. The van der Waals surface area contributed by atoms with Gasteiger partial charge in [-0.1, -0.05) is 32.0 Å². The third kappa shape index (κ3) is 5.46. The average Bonchev–Trinajstić information content (AvgIpc) is 2.97. The molecule has 0 saturated heterocycles. The van der Waals surface area contributed by atoms with Crippen LogP contribution in [0.3, 0.4) is 0 Å². The van der Waals surface area contributed by atoms with Crippen molar-refractivity contribution in [2.75, 3.05) is 27.4 Å². The number of methoxy groups -OCH3 is 2. The number of aliphatic hydroxyl groups is 1. The van der Waals surface area contributed by atoms with Crippen molar-refractivity contribution in [1.82, 2.24) is 10.6 Å². The van der Waals surface area contributed by atoms with Crippen molar-refractivity contribution in [1.29, 1.82) is 0 Å². The van der Waals surface area contributed by atoms with Gasteiger partial charge in [-0.3, -0.25) is 4.79 Å². The van der Waals surface area contributed by atoms with Crippen molar-refractivity contribution >= 4 is 5.91 Å². The SMILES string of the molecule is COCCNC(=O)CC[C@]12CC[C@](C)(O)C[C@H]1C(C)(C)C[C@@H]2NCc1ccccc1OC. The normalized spacial score (nSPS) is 31.2. The molecule has 0 unspecified atom stereocenters. The summed E-state index contributed by atoms with van der Waals surface area (Å²) >= 11 is 0. The summed E-state index contributed by atoms with van der Waals surface area (Å²) in [5.41, 5.74) is 0.595. The van der Waals surface area contributed by atoms with Gasteiger partial charge in [0.15, 0.2) is 0 Å². The van der Waals surface area contributed by atoms with E-state index >= 15 is 0 Å². The molecule has 32 heavy (non-hydrogen) atoms. The first-order valence-corrected chi connectivity index (χ1v) is 12.0. The smallest absolute Gasteiger partial charge is 0.220 e. The summed E-state index contributed by atoms with van der Waals surface area (Å²) in [5.74, 6) is 1.34. The highest BCUT2D eigenvalue weighted by Gasteiger charge is 2.61. The Labute approximate surface area is 193 Å². The number of benzene rings is 1. The number of hydrogen-bond donors (Lipinski definition) is 3. The minimum Gasteiger partial charge on any atom is -0.496 e. The van der Waals surface area contributed by atoms with Gasteiger partial charge in [0.25, 0.3) is 0 Å². The Balaban J connectivity index is 1.79. The lowest BCUT2D eigenvalue weighted by atomic mass is 9.57. The summed E-state index contributed by atoms with van der Waals surface area (Å²) in [5, 5.41) is 17.8. The maximum atomic E-state index is 12.6. The number of carbonyl (C=O) groups excluding carboxylic acids is 1. The van der Waals surface area contributed by atoms with Gasteiger partial charge in [-0.25, -0.2) is 0 Å². The van der Waals surface area contributed by atoms with Crippen LogP contribution in [0.15, 0.2) is 24.3 Å². The molecule has 2 aliphatic rings. The summed E-state index contributed by atoms with van der Waals surface area (Å²) < 4.78 is 10.6. The fourth-order valence-electron chi connectivity index (χ4n) is 6.32. The first-order valence-electron chi connectivity index (χ1n) is 12.0. The van der Waals surface area contributed by atoms with E-state index in [-0.39, 0.29) is 22.8 Å². The van der Waals surface area contributed by atoms with Gasteiger partial charge in [-0.05, 0) is 61.8 Å². The number of amides is 1. The summed E-state index contributed by atoms with van der Waals surface area (Å²) in [6, 6.07) is 8.42. The van der Waals surface area contributed by atoms with Gasteiger partial charge >= 0.3 is 0 Å². The molecule has 2 fully saturated rings. The molecular formula is C26H42N2O4. The van der Waals surface area contributed by atoms with E-state index in [9.17, 15) is 9.90 Å². The van der Waals surface area contributed by atoms with Crippen molar-refractivity contribution in [3.8, 4) is 5.75 Å². The molecule has 2 saturated carbocycles. The Morgan fingerprint density at radius 3 is 2.62 bits per heavy atom. The zero-order chi connectivity index (χ0) is 23.4. The number of nitrogens with one attached hydrogen (secondary N) is 2. The lowest BCUT2D eigenvalue weighted by molar-refractivity contribution is -0.123. The molecule has 3 rings (SSSR count). The topological polar surface area (TPSA) is 79.8 Å². The van der Waals surface area contributed by atoms with Crippen LogP contribution < -0.4 is 15.4 Å². The highest BCUT2D eigenvalue weighted by atomic mass is 16.5. The molecule has 1 aromatic rings. The van der Waals surface area contributed by atoms with E-state index in [1.807, 2.05) is 25.1 Å². The number of hydrogen-bond acceptors (Lipinski definition) is 5. The molecule has 6 nitrogen and oxygen atoms in total. The quantitative estimate of drug-likeness (QED) is 0.478. The first-order chi connectivity index (χ1) is 15.1. The van der Waals surface area contributed by atoms with Crippen LogP contribution >= 0.6 is 0 Å². The zero-order valence-corrected chi connectivity index (χ0v) is 20.5. The van der Waals surface area contributed by atoms with Crippen molar-refractivity contribution in [3.63, 3.8) is 0 Å². The number of fused-ring (bicyclic) bond motifs is 1. The molecule has 0 bridgehead atoms. The van der Waals surface area contributed by atoms with E-state index in [0.29, 0.717) is 25.5 Å². The Bertz CT molecular complexity index is 779. The molecule has 1 aromatic carbocycles. The van der Waals surface area contributed by atoms with Gasteiger partial charge in [-0.15, -0.1) is 0 Å². The van der Waals surface area contributed by atoms with E-state index in [1.54, 1.807) is 14.2 Å². The van der Waals surface area contributed by atoms with Crippen LogP contribution in [0.2, 0.25) is 0 Å². The molecule has 2 aliphatic carbocycles. The van der Waals surface area contributed by atoms with Crippen molar-refractivity contribution in [2.45, 2.75) is 77.5 Å². The van der Waals surface area contributed by atoms with Crippen molar-refractivity contribution in [2.24, 2.45) is 16.7 Å². The van der Waals surface area contributed by atoms with Crippen LogP contribution in [-0.2, 0) is 16.1 Å². The Morgan fingerprint density at radius 2 is 1.91 bits per heavy atom. The third-order valence-electron chi connectivity index (χ3n) is 8.01. The van der Waals surface area contributed by atoms with Gasteiger partial charge in [0.1, 0.15) is 5.75 Å². The minimum atomic E-state index is -0.635. The Morgan fingerprint density at radius 1 is 1.16 bits per heavy atom. The maximum absolute atomic E-state index is 12.6. The molecular weight excluding hydrogens is 404 g/mol. The standard InChI is InChI=1S/C26H42N2O4/c1-24(2)17-22(28-18-19-8-6-7-9-20(19)32-5)26(11-10-23(29)27-14-15-31-4)13-12-25(3,30)16-21(24)26/h6-9,21-22,28,30H,10-18H2,1-5H3,(H,27,29)/t21-,22-,25-,26-/m0/s1. The van der Waals surface area contributed by atoms with E-state index in [2.05, 4.69) is 30.5 Å². The molecule has 0 heterocycles. The lowest BCUT2D eigenvalue weighted by Crippen LogP contribution is -2.51. The molecule has 0 aromatic heterocycles. The Kier molecular flexibility index (Phi) is 7.89. The second-order valence-corrected chi connectivity index (χ2v) is 10.8. The third-order valence-corrected chi connectivity index (χ3v) is 8.01. The molecule has 0 radical (unpaired) electrons. The van der Waals surface area contributed by atoms with E-state index < -0.39 is 5.60 Å². The van der Waals surface area contributed by atoms with Gasteiger partial charge in [0.2, 0.25) is 5.91 Å². The van der Waals surface area contributed by atoms with Crippen LogP contribution in [-0.4, -0.2) is 50.0 Å². The summed E-state index contributed by atoms with van der Waals surface area (Å²) in [6.07, 6.45) is 4.87. The van der Waals surface area contributed by atoms with Gasteiger partial charge in [0.05, 0.1) is 19.3 Å². The van der Waals surface area contributed by atoms with Crippen molar-refractivity contribution < 1.29 is 19.4 Å². The van der Waals surface area contributed by atoms with Gasteiger partial charge in [0, 0.05) is 38.2 Å². The average molecular weight is 447 g/mol. The summed E-state index contributed by atoms with van der Waals surface area (Å²) in [7, 11) is 3.35. The van der Waals surface area contributed by atoms with Crippen LogP contribution in [0.5, 0.6) is 5.75 Å². The fraction of sp³-hybridized carbons (Fsp3) is 0.731. The van der Waals surface area contributed by atoms with Crippen LogP contribution in [0.25, 0.3) is 0 Å². The number of rotatable bonds is 10. The number of ether oxygens (including phenoxy) is 2. The second-order valence-electron chi connectivity index (χ2n) is 10.8. The summed E-state index contributed by atoms with van der Waals surface area (Å²) in [6.45, 7) is 8.43. The molecule has 6 heteroatoms. The summed E-state index contributed by atoms with van der Waals surface area (Å²) in [4.78, 5) is 12.6. The van der Waals surface area contributed by atoms with Crippen LogP contribution in [0.1, 0.15) is 64.9 Å². The van der Waals surface area contributed by atoms with Gasteiger partial charge < -0.3 is 25.2 Å². The molecule has 180 valence electrons. The minimum absolute atomic E-state index is 0.00759. The number of para-hydroxylation sites is 1. The van der Waals surface area contributed by atoms with E-state index in [4.69, 9.17) is 9.47 Å². The van der Waals surface area contributed by atoms with E-state index in [1.165, 1.54) is 0 Å². The van der Waals surface area contributed by atoms with Crippen LogP contribution in [0, 0.1) is 16.7 Å². The lowest BCUT2D eigenvalue weighted by Gasteiger charge is -2.51. The Hall–Kier alpha value is -1.63. The molecule has 0 aliphatic heterocycles. The molecule has 4 atom stereocenters. The molecule has 1 amide bonds. The van der Waals surface area contributed by atoms with Crippen molar-refractivity contribution in [3.05, 3.63) is 29.8 Å². The highest BCUT2D eigenvalue weighted by Crippen LogP contribution is 2.63. The number of carbonyl (C=O) groups is 1. The van der Waals surface area contributed by atoms with Gasteiger partial charge in [-0.2, -0.15) is 0 Å². The monoisotopic (exact) mass is 446 g/mol. The second kappa shape index (κ2) is 10.1. The van der Waals surface area contributed by atoms with E-state index in [0.717, 1.165) is 50.0 Å². The predicted octanol–water partition coefficient (Wildman–Crippen LogP) is 3.66. The first kappa shape index (κ1) is 25.0. The van der Waals surface area contributed by atoms with Crippen LogP contribution in [0.4, 0.5) is 0 Å². The molecule has 0 spiro atoms. The predicted molar refractivity (Wildman–Crippen MR) is 127 cm³/mol. The molecule has 3 N–H and O–H groups in total. The maximum Gasteiger partial charge on any atom is 0.220 e. The zero-order valence-electron chi connectivity index (χ0n) is 20.5. The highest BCUT2D eigenvalue weighted by molar-refractivity contribution is 5.75.